The summed E-state index contributed by atoms with van der Waals surface area (Å²) in [7, 11) is 2.00. The first-order valence-corrected chi connectivity index (χ1v) is 6.14. The lowest BCUT2D eigenvalue weighted by atomic mass is 10.1. The number of para-hydroxylation sites is 1. The highest BCUT2D eigenvalue weighted by atomic mass is 16.5. The van der Waals surface area contributed by atoms with Gasteiger partial charge in [-0.1, -0.05) is 23.4 Å². The number of hydrogen-bond acceptors (Lipinski definition) is 4. The minimum atomic E-state index is -0.629. The van der Waals surface area contributed by atoms with Crippen LogP contribution in [-0.2, 0) is 12.6 Å². The zero-order valence-electron chi connectivity index (χ0n) is 11.2. The Morgan fingerprint density at radius 3 is 2.68 bits per heavy atom. The largest absolute Gasteiger partial charge is 0.350 e. The van der Waals surface area contributed by atoms with Crippen molar-refractivity contribution in [2.75, 3.05) is 0 Å². The van der Waals surface area contributed by atoms with E-state index in [0.29, 0.717) is 11.7 Å². The van der Waals surface area contributed by atoms with Gasteiger partial charge in [-0.2, -0.15) is 4.98 Å². The van der Waals surface area contributed by atoms with E-state index in [9.17, 15) is 0 Å². The lowest BCUT2D eigenvalue weighted by Gasteiger charge is -2.10. The highest BCUT2D eigenvalue weighted by Gasteiger charge is 2.23. The van der Waals surface area contributed by atoms with Crippen molar-refractivity contribution < 1.29 is 4.52 Å². The Balaban J connectivity index is 2.17. The number of hydrogen-bond donors (Lipinski definition) is 1. The summed E-state index contributed by atoms with van der Waals surface area (Å²) < 4.78 is 7.30. The molecule has 2 N–H and O–H groups in total. The highest BCUT2D eigenvalue weighted by Crippen LogP contribution is 2.29. The average Bonchev–Trinajstić information content (AvgIpc) is 2.94. The maximum atomic E-state index is 5.96. The van der Waals surface area contributed by atoms with Crippen LogP contribution in [0.1, 0.15) is 19.7 Å². The molecule has 2 heterocycles. The third kappa shape index (κ3) is 1.92. The summed E-state index contributed by atoms with van der Waals surface area (Å²) in [5, 5.41) is 5.14. The van der Waals surface area contributed by atoms with E-state index in [1.165, 1.54) is 0 Å². The van der Waals surface area contributed by atoms with Crippen molar-refractivity contribution >= 4 is 10.9 Å². The van der Waals surface area contributed by atoms with Gasteiger partial charge >= 0.3 is 0 Å². The van der Waals surface area contributed by atoms with Crippen molar-refractivity contribution in [3.63, 3.8) is 0 Å². The molecule has 0 radical (unpaired) electrons. The summed E-state index contributed by atoms with van der Waals surface area (Å²) in [6.45, 7) is 3.68. The number of aromatic nitrogens is 3. The standard InChI is InChI=1S/C14H16N4O/c1-14(2,15)13-16-12(17-19-13)10-8-18(3)11-7-5-4-6-9(10)11/h4-8H,15H2,1-3H3. The van der Waals surface area contributed by atoms with E-state index < -0.39 is 5.54 Å². The van der Waals surface area contributed by atoms with Crippen LogP contribution in [0, 0.1) is 0 Å². The van der Waals surface area contributed by atoms with Crippen LogP contribution < -0.4 is 5.73 Å². The molecule has 0 fully saturated rings. The Bertz CT molecular complexity index is 733. The molecule has 98 valence electrons. The molecule has 1 aromatic carbocycles. The smallest absolute Gasteiger partial charge is 0.246 e. The molecule has 0 saturated carbocycles. The summed E-state index contributed by atoms with van der Waals surface area (Å²) in [6.07, 6.45) is 2.00. The third-order valence-electron chi connectivity index (χ3n) is 3.12. The maximum Gasteiger partial charge on any atom is 0.246 e. The summed E-state index contributed by atoms with van der Waals surface area (Å²) in [5.41, 5.74) is 7.43. The molecule has 0 unspecified atom stereocenters. The van der Waals surface area contributed by atoms with Crippen molar-refractivity contribution in [1.82, 2.24) is 14.7 Å². The second-order valence-corrected chi connectivity index (χ2v) is 5.32. The fourth-order valence-corrected chi connectivity index (χ4v) is 2.11. The van der Waals surface area contributed by atoms with E-state index in [1.54, 1.807) is 0 Å². The van der Waals surface area contributed by atoms with Gasteiger partial charge in [-0.15, -0.1) is 0 Å². The number of nitrogens with zero attached hydrogens (tertiary/aromatic N) is 3. The number of aryl methyl sites for hydroxylation is 1. The molecule has 0 spiro atoms. The average molecular weight is 256 g/mol. The van der Waals surface area contributed by atoms with Gasteiger partial charge in [0.25, 0.3) is 0 Å². The summed E-state index contributed by atoms with van der Waals surface area (Å²) >= 11 is 0. The molecule has 5 heteroatoms. The summed E-state index contributed by atoms with van der Waals surface area (Å²) in [4.78, 5) is 4.40. The minimum Gasteiger partial charge on any atom is -0.350 e. The van der Waals surface area contributed by atoms with Gasteiger partial charge in [0.1, 0.15) is 0 Å². The molecule has 2 aromatic heterocycles. The first-order chi connectivity index (χ1) is 8.97. The minimum absolute atomic E-state index is 0.440. The van der Waals surface area contributed by atoms with Crippen molar-refractivity contribution in [3.05, 3.63) is 36.4 Å². The fraction of sp³-hybridized carbons (Fsp3) is 0.286. The van der Waals surface area contributed by atoms with E-state index in [0.717, 1.165) is 16.5 Å². The lowest BCUT2D eigenvalue weighted by Crippen LogP contribution is -2.28. The Kier molecular flexibility index (Phi) is 2.46. The van der Waals surface area contributed by atoms with E-state index in [1.807, 2.05) is 49.9 Å². The molecular formula is C14H16N4O. The Labute approximate surface area is 111 Å². The number of benzene rings is 1. The zero-order chi connectivity index (χ0) is 13.6. The van der Waals surface area contributed by atoms with Crippen molar-refractivity contribution in [2.24, 2.45) is 12.8 Å². The van der Waals surface area contributed by atoms with Crippen LogP contribution >= 0.6 is 0 Å². The lowest BCUT2D eigenvalue weighted by molar-refractivity contribution is 0.312. The van der Waals surface area contributed by atoms with Gasteiger partial charge in [-0.05, 0) is 19.9 Å². The predicted octanol–water partition coefficient (Wildman–Crippen LogP) is 2.42. The molecule has 3 rings (SSSR count). The number of nitrogens with two attached hydrogens (primary N) is 1. The van der Waals surface area contributed by atoms with Gasteiger partial charge < -0.3 is 14.8 Å². The Morgan fingerprint density at radius 2 is 2.00 bits per heavy atom. The Morgan fingerprint density at radius 1 is 1.26 bits per heavy atom. The van der Waals surface area contributed by atoms with Gasteiger partial charge in [0, 0.05) is 29.7 Å². The first kappa shape index (κ1) is 11.9. The van der Waals surface area contributed by atoms with Crippen molar-refractivity contribution in [2.45, 2.75) is 19.4 Å². The summed E-state index contributed by atoms with van der Waals surface area (Å²) in [5.74, 6) is 1.01. The SMILES string of the molecule is Cn1cc(-c2noc(C(C)(C)N)n2)c2ccccc21. The molecule has 0 saturated heterocycles. The topological polar surface area (TPSA) is 69.9 Å². The molecule has 5 nitrogen and oxygen atoms in total. The molecule has 0 atom stereocenters. The quantitative estimate of drug-likeness (QED) is 0.764. The van der Waals surface area contributed by atoms with Crippen LogP contribution in [0.3, 0.4) is 0 Å². The van der Waals surface area contributed by atoms with Gasteiger partial charge in [0.2, 0.25) is 11.7 Å². The second-order valence-electron chi connectivity index (χ2n) is 5.32. The molecule has 0 bridgehead atoms. The molecule has 0 amide bonds. The highest BCUT2D eigenvalue weighted by molar-refractivity contribution is 5.94. The predicted molar refractivity (Wildman–Crippen MR) is 73.4 cm³/mol. The second kappa shape index (κ2) is 3.93. The number of fused-ring (bicyclic) bond motifs is 1. The zero-order valence-corrected chi connectivity index (χ0v) is 11.2. The third-order valence-corrected chi connectivity index (χ3v) is 3.12. The number of rotatable bonds is 2. The van der Waals surface area contributed by atoms with Gasteiger partial charge in [0.05, 0.1) is 5.54 Å². The molecule has 19 heavy (non-hydrogen) atoms. The van der Waals surface area contributed by atoms with Gasteiger partial charge in [-0.3, -0.25) is 0 Å². The molecule has 3 aromatic rings. The van der Waals surface area contributed by atoms with E-state index in [4.69, 9.17) is 10.3 Å². The van der Waals surface area contributed by atoms with Crippen LogP contribution in [0.15, 0.2) is 35.0 Å². The molecular weight excluding hydrogens is 240 g/mol. The molecule has 0 aliphatic rings. The van der Waals surface area contributed by atoms with Gasteiger partial charge in [0.15, 0.2) is 0 Å². The van der Waals surface area contributed by atoms with E-state index in [-0.39, 0.29) is 0 Å². The van der Waals surface area contributed by atoms with Crippen LogP contribution in [0.4, 0.5) is 0 Å². The van der Waals surface area contributed by atoms with Crippen molar-refractivity contribution in [3.8, 4) is 11.4 Å². The van der Waals surface area contributed by atoms with Crippen LogP contribution in [-0.4, -0.2) is 14.7 Å². The summed E-state index contributed by atoms with van der Waals surface area (Å²) in [6, 6.07) is 8.12. The van der Waals surface area contributed by atoms with Crippen LogP contribution in [0.5, 0.6) is 0 Å². The van der Waals surface area contributed by atoms with Crippen molar-refractivity contribution in [1.29, 1.82) is 0 Å². The fourth-order valence-electron chi connectivity index (χ4n) is 2.11. The van der Waals surface area contributed by atoms with Crippen LogP contribution in [0.2, 0.25) is 0 Å². The van der Waals surface area contributed by atoms with Gasteiger partial charge in [-0.25, -0.2) is 0 Å². The Hall–Kier alpha value is -2.14. The monoisotopic (exact) mass is 256 g/mol. The maximum absolute atomic E-state index is 5.96. The normalized spacial score (nSPS) is 12.2. The molecule has 0 aliphatic carbocycles. The van der Waals surface area contributed by atoms with Crippen LogP contribution in [0.25, 0.3) is 22.3 Å². The van der Waals surface area contributed by atoms with E-state index in [2.05, 4.69) is 16.2 Å². The molecule has 0 aliphatic heterocycles. The van der Waals surface area contributed by atoms with E-state index >= 15 is 0 Å². The first-order valence-electron chi connectivity index (χ1n) is 6.14.